The van der Waals surface area contributed by atoms with Crippen LogP contribution in [0.25, 0.3) is 11.1 Å². The number of carbonyl (C=O) groups is 1. The van der Waals surface area contributed by atoms with Crippen LogP contribution in [0.4, 0.5) is 23.2 Å². The van der Waals surface area contributed by atoms with Gasteiger partial charge >= 0.3 is 15.5 Å². The lowest BCUT2D eigenvalue weighted by Gasteiger charge is -2.17. The van der Waals surface area contributed by atoms with E-state index in [0.717, 1.165) is 12.1 Å². The predicted octanol–water partition coefficient (Wildman–Crippen LogP) is 5.92. The number of rotatable bonds is 13. The third-order valence-corrected chi connectivity index (χ3v) is 7.87. The molecule has 8 nitrogen and oxygen atoms in total. The number of imidazole rings is 1. The molecule has 1 atom stereocenters. The van der Waals surface area contributed by atoms with Gasteiger partial charge in [0, 0.05) is 11.1 Å². The van der Waals surface area contributed by atoms with Crippen LogP contribution in [0.15, 0.2) is 42.5 Å². The highest BCUT2D eigenvalue weighted by atomic mass is 32.2. The van der Waals surface area contributed by atoms with Crippen LogP contribution in [0.5, 0.6) is 6.01 Å². The van der Waals surface area contributed by atoms with E-state index in [1.54, 1.807) is 11.5 Å². The number of halogens is 4. The summed E-state index contributed by atoms with van der Waals surface area (Å²) in [5.74, 6) is -0.644. The predicted molar refractivity (Wildman–Crippen MR) is 156 cm³/mol. The molecule has 1 amide bonds. The number of aromatic nitrogens is 2. The zero-order valence-corrected chi connectivity index (χ0v) is 25.3. The summed E-state index contributed by atoms with van der Waals surface area (Å²) < 4.78 is 86.7. The Morgan fingerprint density at radius 2 is 1.83 bits per heavy atom. The molecule has 0 aliphatic carbocycles. The Morgan fingerprint density at radius 1 is 1.14 bits per heavy atom. The highest BCUT2D eigenvalue weighted by Gasteiger charge is 2.46. The molecule has 0 spiro atoms. The number of nitrogens with one attached hydrogen (secondary N) is 2. The van der Waals surface area contributed by atoms with Gasteiger partial charge in [-0.25, -0.2) is 4.39 Å². The van der Waals surface area contributed by atoms with Crippen molar-refractivity contribution < 1.29 is 35.5 Å². The van der Waals surface area contributed by atoms with Gasteiger partial charge in [0.05, 0.1) is 42.0 Å². The van der Waals surface area contributed by atoms with Crippen molar-refractivity contribution in [2.75, 3.05) is 11.3 Å². The highest BCUT2D eigenvalue weighted by Crippen LogP contribution is 2.33. The van der Waals surface area contributed by atoms with E-state index >= 15 is 4.39 Å². The van der Waals surface area contributed by atoms with Crippen LogP contribution in [0.2, 0.25) is 0 Å². The number of aryl methyl sites for hydroxylation is 1. The smallest absolute Gasteiger partial charge is 0.465 e. The molecule has 3 rings (SSSR count). The number of thiol groups is 1. The average molecular weight is 631 g/mol. The summed E-state index contributed by atoms with van der Waals surface area (Å²) in [5.41, 5.74) is -4.12. The lowest BCUT2D eigenvalue weighted by molar-refractivity contribution is -0.121. The molecule has 2 N–H and O–H groups in total. The van der Waals surface area contributed by atoms with Crippen molar-refractivity contribution in [2.45, 2.75) is 64.4 Å². The zero-order valence-electron chi connectivity index (χ0n) is 23.6. The summed E-state index contributed by atoms with van der Waals surface area (Å²) in [6, 6.07) is 9.70. The molecular weight excluding hydrogens is 596 g/mol. The third-order valence-electron chi connectivity index (χ3n) is 6.32. The lowest BCUT2D eigenvalue weighted by Crippen LogP contribution is -2.32. The second-order valence-electron chi connectivity index (χ2n) is 9.93. The molecule has 0 saturated heterocycles. The first-order chi connectivity index (χ1) is 19.7. The molecule has 2 aromatic carbocycles. The van der Waals surface area contributed by atoms with Crippen LogP contribution in [0.3, 0.4) is 0 Å². The summed E-state index contributed by atoms with van der Waals surface area (Å²) in [4.78, 5) is 17.2. The van der Waals surface area contributed by atoms with Gasteiger partial charge in [0.1, 0.15) is 5.82 Å². The molecule has 230 valence electrons. The minimum Gasteiger partial charge on any atom is -0.465 e. The van der Waals surface area contributed by atoms with Gasteiger partial charge in [0.15, 0.2) is 0 Å². The monoisotopic (exact) mass is 630 g/mol. The number of amides is 1. The first kappa shape index (κ1) is 33.2. The number of carbonyl (C=O) groups excluding carboxylic acids is 1. The van der Waals surface area contributed by atoms with E-state index in [1.165, 1.54) is 35.1 Å². The van der Waals surface area contributed by atoms with Gasteiger partial charge in [-0.15, -0.1) is 0 Å². The topological polar surface area (TPSA) is 102 Å². The maximum absolute atomic E-state index is 15.5. The summed E-state index contributed by atoms with van der Waals surface area (Å²) in [7, 11) is -5.68. The Kier molecular flexibility index (Phi) is 10.9. The van der Waals surface area contributed by atoms with Crippen molar-refractivity contribution in [1.29, 1.82) is 0 Å². The van der Waals surface area contributed by atoms with Crippen molar-refractivity contribution in [3.8, 4) is 17.1 Å². The molecule has 0 bridgehead atoms. The molecule has 0 saturated carbocycles. The molecule has 1 aromatic heterocycles. The van der Waals surface area contributed by atoms with Crippen molar-refractivity contribution in [3.05, 3.63) is 65.2 Å². The molecule has 1 heterocycles. The first-order valence-electron chi connectivity index (χ1n) is 13.3. The fourth-order valence-corrected chi connectivity index (χ4v) is 5.37. The fourth-order valence-electron chi connectivity index (χ4n) is 4.28. The SMILES string of the molecule is CCOc1nc(CC)c(CNC(=O)[C@@H](S)CC(C)C)n1Cc1ccc(-c2ccccc2NS(=O)(=O)C(F)(F)F)cc1F. The largest absolute Gasteiger partial charge is 0.516 e. The second kappa shape index (κ2) is 13.8. The van der Waals surface area contributed by atoms with E-state index < -0.39 is 26.6 Å². The van der Waals surface area contributed by atoms with E-state index in [2.05, 4.69) is 22.9 Å². The van der Waals surface area contributed by atoms with Crippen molar-refractivity contribution in [3.63, 3.8) is 0 Å². The van der Waals surface area contributed by atoms with Crippen LogP contribution in [-0.4, -0.2) is 41.2 Å². The number of sulfonamides is 1. The number of nitrogens with zero attached hydrogens (tertiary/aromatic N) is 2. The number of ether oxygens (including phenoxy) is 1. The number of alkyl halides is 3. The Bertz CT molecular complexity index is 1510. The Labute approximate surface area is 248 Å². The van der Waals surface area contributed by atoms with Gasteiger partial charge in [-0.2, -0.15) is 39.2 Å². The van der Waals surface area contributed by atoms with E-state index in [-0.39, 0.29) is 53.3 Å². The number of hydrogen-bond acceptors (Lipinski definition) is 6. The Morgan fingerprint density at radius 3 is 2.43 bits per heavy atom. The van der Waals surface area contributed by atoms with E-state index in [0.29, 0.717) is 30.8 Å². The number of anilines is 1. The van der Waals surface area contributed by atoms with E-state index in [4.69, 9.17) is 4.74 Å². The third kappa shape index (κ3) is 7.97. The molecule has 0 aliphatic rings. The van der Waals surface area contributed by atoms with Crippen LogP contribution >= 0.6 is 12.6 Å². The molecule has 0 fully saturated rings. The Balaban J connectivity index is 1.94. The van der Waals surface area contributed by atoms with Gasteiger partial charge in [-0.05, 0) is 43.4 Å². The van der Waals surface area contributed by atoms with Gasteiger partial charge < -0.3 is 10.1 Å². The molecule has 0 radical (unpaired) electrons. The first-order valence-corrected chi connectivity index (χ1v) is 15.3. The van der Waals surface area contributed by atoms with Crippen LogP contribution < -0.4 is 14.8 Å². The molecule has 14 heteroatoms. The fraction of sp³-hybridized carbons (Fsp3) is 0.429. The summed E-state index contributed by atoms with van der Waals surface area (Å²) in [6.45, 7) is 8.06. The van der Waals surface area contributed by atoms with Gasteiger partial charge in [0.25, 0.3) is 6.01 Å². The lowest BCUT2D eigenvalue weighted by atomic mass is 10.0. The van der Waals surface area contributed by atoms with Gasteiger partial charge in [0.2, 0.25) is 5.91 Å². The highest BCUT2D eigenvalue weighted by molar-refractivity contribution is 7.93. The number of para-hydroxylation sites is 1. The molecular formula is C28H34F4N4O4S2. The molecule has 42 heavy (non-hydrogen) atoms. The quantitative estimate of drug-likeness (QED) is 0.161. The average Bonchev–Trinajstić information content (AvgIpc) is 3.23. The zero-order chi connectivity index (χ0) is 31.2. The maximum atomic E-state index is 15.5. The summed E-state index contributed by atoms with van der Waals surface area (Å²) in [5, 5.41) is 2.39. The van der Waals surface area contributed by atoms with Crippen LogP contribution in [0.1, 0.15) is 51.1 Å². The molecule has 3 aromatic rings. The van der Waals surface area contributed by atoms with Crippen molar-refractivity contribution >= 4 is 34.2 Å². The minimum absolute atomic E-state index is 0.0156. The van der Waals surface area contributed by atoms with Crippen LogP contribution in [0, 0.1) is 11.7 Å². The number of benzene rings is 2. The minimum atomic E-state index is -5.68. The summed E-state index contributed by atoms with van der Waals surface area (Å²) >= 11 is 4.40. The molecule has 0 aliphatic heterocycles. The van der Waals surface area contributed by atoms with E-state index in [9.17, 15) is 26.4 Å². The second-order valence-corrected chi connectivity index (χ2v) is 12.2. The normalized spacial score (nSPS) is 12.8. The number of hydrogen-bond donors (Lipinski definition) is 3. The standard InChI is InChI=1S/C28H34F4N4O4S2/c1-5-22-24(15-33-26(37)25(41)13-17(3)4)36(27(34-22)40-6-2)16-19-12-11-18(14-21(19)29)20-9-7-8-10-23(20)35-42(38,39)28(30,31)32/h7-12,14,17,25,35,41H,5-6,13,15-16H2,1-4H3,(H,33,37)/t25-/m0/s1. The van der Waals surface area contributed by atoms with Crippen LogP contribution in [-0.2, 0) is 34.3 Å². The van der Waals surface area contributed by atoms with Crippen molar-refractivity contribution in [1.82, 2.24) is 14.9 Å². The summed E-state index contributed by atoms with van der Waals surface area (Å²) in [6.07, 6.45) is 1.12. The van der Waals surface area contributed by atoms with Gasteiger partial charge in [-0.3, -0.25) is 14.1 Å². The van der Waals surface area contributed by atoms with Crippen molar-refractivity contribution in [2.24, 2.45) is 5.92 Å². The van der Waals surface area contributed by atoms with Gasteiger partial charge in [-0.1, -0.05) is 51.1 Å². The Hall–Kier alpha value is -3.26. The maximum Gasteiger partial charge on any atom is 0.516 e. The van der Waals surface area contributed by atoms with E-state index in [1.807, 2.05) is 20.8 Å². The molecule has 0 unspecified atom stereocenters.